The second-order valence-corrected chi connectivity index (χ2v) is 14.2. The van der Waals surface area contributed by atoms with Gasteiger partial charge >= 0.3 is 0 Å². The van der Waals surface area contributed by atoms with E-state index in [1.165, 1.54) is 11.0 Å². The molecule has 31 heavy (non-hydrogen) atoms. The SMILES string of the molecule is CC(C)(C)[Si](C)(C)OCC(CC#CCCN1C(=O)CCC1=O)c1cccc([N+](=O)[O-])c1. The smallest absolute Gasteiger partial charge is 0.269 e. The number of benzene rings is 1. The molecule has 8 heteroatoms. The molecular formula is C23H32N2O5Si. The maximum absolute atomic E-state index is 11.7. The molecule has 0 radical (unpaired) electrons. The Kier molecular flexibility index (Phi) is 8.15. The van der Waals surface area contributed by atoms with Gasteiger partial charge in [0.15, 0.2) is 8.32 Å². The van der Waals surface area contributed by atoms with E-state index in [1.54, 1.807) is 12.1 Å². The number of carbonyl (C=O) groups excluding carboxylic acids is 2. The molecule has 1 unspecified atom stereocenters. The highest BCUT2D eigenvalue weighted by Gasteiger charge is 2.37. The molecule has 1 fully saturated rings. The molecule has 0 aliphatic carbocycles. The standard InChI is InChI=1S/C23H32N2O5Si/c1-23(2,3)31(4,5)30-17-19(18-11-9-12-20(16-18)25(28)29)10-7-6-8-15-24-21(26)13-14-22(24)27/h9,11-12,16,19H,8,10,13-15,17H2,1-5H3. The van der Waals surface area contributed by atoms with Crippen LogP contribution in [0.3, 0.4) is 0 Å². The highest BCUT2D eigenvalue weighted by Crippen LogP contribution is 2.37. The van der Waals surface area contributed by atoms with Crippen LogP contribution in [0.15, 0.2) is 24.3 Å². The lowest BCUT2D eigenvalue weighted by molar-refractivity contribution is -0.384. The minimum absolute atomic E-state index is 0.0499. The van der Waals surface area contributed by atoms with E-state index >= 15 is 0 Å². The first kappa shape index (κ1) is 24.8. The lowest BCUT2D eigenvalue weighted by Gasteiger charge is -2.37. The number of likely N-dealkylation sites (tertiary alicyclic amines) is 1. The number of nitrogens with zero attached hydrogens (tertiary/aromatic N) is 2. The monoisotopic (exact) mass is 444 g/mol. The molecule has 0 aromatic heterocycles. The summed E-state index contributed by atoms with van der Waals surface area (Å²) in [6.07, 6.45) is 1.47. The summed E-state index contributed by atoms with van der Waals surface area (Å²) in [5, 5.41) is 11.3. The lowest BCUT2D eigenvalue weighted by Crippen LogP contribution is -2.41. The van der Waals surface area contributed by atoms with Crippen molar-refractivity contribution in [3.63, 3.8) is 0 Å². The van der Waals surface area contributed by atoms with E-state index in [0.29, 0.717) is 26.0 Å². The van der Waals surface area contributed by atoms with Gasteiger partial charge < -0.3 is 4.43 Å². The Morgan fingerprint density at radius 1 is 1.19 bits per heavy atom. The molecule has 7 nitrogen and oxygen atoms in total. The van der Waals surface area contributed by atoms with Gasteiger partial charge in [-0.15, -0.1) is 11.8 Å². The van der Waals surface area contributed by atoms with Crippen molar-refractivity contribution in [2.24, 2.45) is 0 Å². The Balaban J connectivity index is 2.09. The lowest BCUT2D eigenvalue weighted by atomic mass is 9.96. The van der Waals surface area contributed by atoms with Gasteiger partial charge in [-0.05, 0) is 23.7 Å². The predicted molar refractivity (Wildman–Crippen MR) is 122 cm³/mol. The number of amides is 2. The summed E-state index contributed by atoms with van der Waals surface area (Å²) in [4.78, 5) is 35.4. The van der Waals surface area contributed by atoms with Crippen LogP contribution in [-0.2, 0) is 14.0 Å². The van der Waals surface area contributed by atoms with E-state index in [-0.39, 0.29) is 41.3 Å². The van der Waals surface area contributed by atoms with Crippen LogP contribution in [-0.4, -0.2) is 43.1 Å². The summed E-state index contributed by atoms with van der Waals surface area (Å²) < 4.78 is 6.38. The fraction of sp³-hybridized carbons (Fsp3) is 0.565. The predicted octanol–water partition coefficient (Wildman–Crippen LogP) is 4.63. The van der Waals surface area contributed by atoms with Crippen molar-refractivity contribution in [2.75, 3.05) is 13.2 Å². The average Bonchev–Trinajstić information content (AvgIpc) is 3.01. The first-order valence-corrected chi connectivity index (χ1v) is 13.5. The Hall–Kier alpha value is -2.50. The summed E-state index contributed by atoms with van der Waals surface area (Å²) in [7, 11) is -1.99. The van der Waals surface area contributed by atoms with Gasteiger partial charge in [0.05, 0.1) is 4.92 Å². The number of non-ortho nitro benzene ring substituents is 1. The summed E-state index contributed by atoms with van der Waals surface area (Å²) in [6.45, 7) is 11.6. The minimum Gasteiger partial charge on any atom is -0.416 e. The Labute approximate surface area is 185 Å². The van der Waals surface area contributed by atoms with Gasteiger partial charge in [0.2, 0.25) is 11.8 Å². The van der Waals surface area contributed by atoms with Gasteiger partial charge in [-0.1, -0.05) is 32.9 Å². The van der Waals surface area contributed by atoms with Gasteiger partial charge in [0.25, 0.3) is 5.69 Å². The maximum atomic E-state index is 11.7. The molecule has 0 saturated carbocycles. The van der Waals surface area contributed by atoms with Crippen LogP contribution in [0.1, 0.15) is 57.9 Å². The van der Waals surface area contributed by atoms with Gasteiger partial charge in [0.1, 0.15) is 0 Å². The summed E-state index contributed by atoms with van der Waals surface area (Å²) >= 11 is 0. The first-order valence-electron chi connectivity index (χ1n) is 10.6. The highest BCUT2D eigenvalue weighted by molar-refractivity contribution is 6.74. The van der Waals surface area contributed by atoms with Crippen molar-refractivity contribution in [3.05, 3.63) is 39.9 Å². The van der Waals surface area contributed by atoms with Crippen molar-refractivity contribution in [1.29, 1.82) is 0 Å². The normalized spacial score (nSPS) is 15.6. The number of hydrogen-bond acceptors (Lipinski definition) is 5. The molecule has 1 aliphatic rings. The summed E-state index contributed by atoms with van der Waals surface area (Å²) in [6, 6.07) is 6.62. The topological polar surface area (TPSA) is 89.8 Å². The van der Waals surface area contributed by atoms with Crippen molar-refractivity contribution >= 4 is 25.8 Å². The van der Waals surface area contributed by atoms with Gasteiger partial charge in [-0.3, -0.25) is 24.6 Å². The maximum Gasteiger partial charge on any atom is 0.269 e. The van der Waals surface area contributed by atoms with Crippen LogP contribution in [0.2, 0.25) is 18.1 Å². The molecule has 0 bridgehead atoms. The summed E-state index contributed by atoms with van der Waals surface area (Å²) in [5.41, 5.74) is 0.876. The molecule has 1 aliphatic heterocycles. The van der Waals surface area contributed by atoms with Crippen LogP contribution < -0.4 is 0 Å². The fourth-order valence-electron chi connectivity index (χ4n) is 3.01. The van der Waals surface area contributed by atoms with E-state index < -0.39 is 13.2 Å². The summed E-state index contributed by atoms with van der Waals surface area (Å²) in [5.74, 6) is 5.80. The molecule has 168 valence electrons. The van der Waals surface area contributed by atoms with E-state index in [0.717, 1.165) is 5.56 Å². The zero-order valence-electron chi connectivity index (χ0n) is 19.1. The molecule has 2 rings (SSSR count). The van der Waals surface area contributed by atoms with Gasteiger partial charge in [-0.2, -0.15) is 0 Å². The van der Waals surface area contributed by atoms with Crippen LogP contribution in [0.5, 0.6) is 0 Å². The molecule has 1 saturated heterocycles. The quantitative estimate of drug-likeness (QED) is 0.192. The second-order valence-electron chi connectivity index (χ2n) is 9.37. The number of nitro groups is 1. The molecule has 1 aromatic rings. The van der Waals surface area contributed by atoms with Crippen LogP contribution >= 0.6 is 0 Å². The minimum atomic E-state index is -1.99. The number of rotatable bonds is 8. The number of hydrogen-bond donors (Lipinski definition) is 0. The van der Waals surface area contributed by atoms with Crippen molar-refractivity contribution in [1.82, 2.24) is 4.90 Å². The zero-order valence-corrected chi connectivity index (χ0v) is 20.1. The van der Waals surface area contributed by atoms with E-state index in [2.05, 4.69) is 45.7 Å². The van der Waals surface area contributed by atoms with Gasteiger partial charge in [-0.25, -0.2) is 0 Å². The second kappa shape index (κ2) is 10.2. The fourth-order valence-corrected chi connectivity index (χ4v) is 4.07. The Morgan fingerprint density at radius 2 is 1.84 bits per heavy atom. The average molecular weight is 445 g/mol. The Morgan fingerprint density at radius 3 is 2.42 bits per heavy atom. The largest absolute Gasteiger partial charge is 0.416 e. The molecule has 1 atom stereocenters. The molecule has 2 amide bonds. The third kappa shape index (κ3) is 6.74. The zero-order chi connectivity index (χ0) is 23.2. The Bertz CT molecular complexity index is 879. The highest BCUT2D eigenvalue weighted by atomic mass is 28.4. The van der Waals surface area contributed by atoms with E-state index in [1.807, 2.05) is 6.07 Å². The van der Waals surface area contributed by atoms with Crippen LogP contribution in [0.25, 0.3) is 0 Å². The van der Waals surface area contributed by atoms with E-state index in [9.17, 15) is 19.7 Å². The van der Waals surface area contributed by atoms with E-state index in [4.69, 9.17) is 4.43 Å². The van der Waals surface area contributed by atoms with Crippen molar-refractivity contribution < 1.29 is 18.9 Å². The van der Waals surface area contributed by atoms with Crippen LogP contribution in [0.4, 0.5) is 5.69 Å². The van der Waals surface area contributed by atoms with Crippen LogP contribution in [0, 0.1) is 22.0 Å². The number of carbonyl (C=O) groups is 2. The first-order chi connectivity index (χ1) is 14.4. The van der Waals surface area contributed by atoms with Crippen molar-refractivity contribution in [3.8, 4) is 11.8 Å². The molecule has 1 heterocycles. The molecular weight excluding hydrogens is 412 g/mol. The number of imide groups is 1. The molecule has 1 aromatic carbocycles. The third-order valence-corrected chi connectivity index (χ3v) is 10.6. The third-order valence-electron chi connectivity index (χ3n) is 6.09. The molecule has 0 spiro atoms. The van der Waals surface area contributed by atoms with Crippen molar-refractivity contribution in [2.45, 2.75) is 70.5 Å². The molecule has 0 N–H and O–H groups in total. The van der Waals surface area contributed by atoms with Gasteiger partial charge in [0, 0.05) is 56.9 Å². The number of nitro benzene ring substituents is 1.